The lowest BCUT2D eigenvalue weighted by Gasteiger charge is -2.19. The van der Waals surface area contributed by atoms with E-state index in [4.69, 9.17) is 4.74 Å². The van der Waals surface area contributed by atoms with E-state index < -0.39 is 17.7 Å². The SMILES string of the molecule is COC(=O)c1ccc(NC(=O)c2ccc(NC(=O)OC(C)(C)C)cc2)cc1. The first-order valence-corrected chi connectivity index (χ1v) is 8.28. The van der Waals surface area contributed by atoms with E-state index in [0.717, 1.165) is 0 Å². The van der Waals surface area contributed by atoms with Crippen LogP contribution in [0.5, 0.6) is 0 Å². The fraction of sp³-hybridized carbons (Fsp3) is 0.250. The first kappa shape index (κ1) is 20.0. The number of ether oxygens (including phenoxy) is 2. The lowest BCUT2D eigenvalue weighted by Crippen LogP contribution is -2.27. The number of carbonyl (C=O) groups is 3. The molecule has 0 atom stereocenters. The van der Waals surface area contributed by atoms with Crippen molar-refractivity contribution in [3.05, 3.63) is 59.7 Å². The van der Waals surface area contributed by atoms with Gasteiger partial charge in [0.15, 0.2) is 0 Å². The molecule has 0 saturated heterocycles. The second-order valence-corrected chi connectivity index (χ2v) is 6.73. The summed E-state index contributed by atoms with van der Waals surface area (Å²) >= 11 is 0. The molecule has 0 unspecified atom stereocenters. The van der Waals surface area contributed by atoms with Gasteiger partial charge >= 0.3 is 12.1 Å². The molecule has 0 aromatic heterocycles. The summed E-state index contributed by atoms with van der Waals surface area (Å²) in [4.78, 5) is 35.4. The highest BCUT2D eigenvalue weighted by Crippen LogP contribution is 2.15. The summed E-state index contributed by atoms with van der Waals surface area (Å²) in [6.07, 6.45) is -0.564. The van der Waals surface area contributed by atoms with Crippen molar-refractivity contribution in [3.8, 4) is 0 Å². The van der Waals surface area contributed by atoms with E-state index in [-0.39, 0.29) is 5.91 Å². The van der Waals surface area contributed by atoms with Gasteiger partial charge in [0.05, 0.1) is 12.7 Å². The molecule has 0 radical (unpaired) electrons. The molecule has 0 spiro atoms. The molecule has 2 N–H and O–H groups in total. The van der Waals surface area contributed by atoms with Gasteiger partial charge in [-0.2, -0.15) is 0 Å². The third-order valence-corrected chi connectivity index (χ3v) is 3.36. The van der Waals surface area contributed by atoms with E-state index in [9.17, 15) is 14.4 Å². The molecule has 0 aliphatic heterocycles. The molecule has 0 fully saturated rings. The van der Waals surface area contributed by atoms with Gasteiger partial charge < -0.3 is 14.8 Å². The Balaban J connectivity index is 1.97. The molecule has 2 aromatic carbocycles. The Labute approximate surface area is 157 Å². The Bertz CT molecular complexity index is 821. The van der Waals surface area contributed by atoms with Crippen LogP contribution in [0.2, 0.25) is 0 Å². The van der Waals surface area contributed by atoms with Gasteiger partial charge in [-0.1, -0.05) is 0 Å². The molecule has 0 aliphatic rings. The van der Waals surface area contributed by atoms with Crippen LogP contribution in [-0.4, -0.2) is 30.7 Å². The second kappa shape index (κ2) is 8.35. The molecule has 0 aliphatic carbocycles. The quantitative estimate of drug-likeness (QED) is 0.791. The van der Waals surface area contributed by atoms with Crippen molar-refractivity contribution in [3.63, 3.8) is 0 Å². The molecule has 0 bridgehead atoms. The first-order valence-electron chi connectivity index (χ1n) is 8.28. The van der Waals surface area contributed by atoms with E-state index in [1.165, 1.54) is 7.11 Å². The maximum Gasteiger partial charge on any atom is 0.412 e. The summed E-state index contributed by atoms with van der Waals surface area (Å²) in [5.41, 5.74) is 1.29. The van der Waals surface area contributed by atoms with Crippen LogP contribution in [0.4, 0.5) is 16.2 Å². The van der Waals surface area contributed by atoms with Crippen molar-refractivity contribution >= 4 is 29.3 Å². The minimum Gasteiger partial charge on any atom is -0.465 e. The van der Waals surface area contributed by atoms with E-state index in [2.05, 4.69) is 15.4 Å². The Hall–Kier alpha value is -3.35. The van der Waals surface area contributed by atoms with Crippen LogP contribution in [0, 0.1) is 0 Å². The molecule has 2 aromatic rings. The van der Waals surface area contributed by atoms with Crippen molar-refractivity contribution in [2.24, 2.45) is 0 Å². The van der Waals surface area contributed by atoms with Crippen LogP contribution in [-0.2, 0) is 9.47 Å². The van der Waals surface area contributed by atoms with Crippen LogP contribution in [0.25, 0.3) is 0 Å². The number of esters is 1. The highest BCUT2D eigenvalue weighted by Gasteiger charge is 2.16. The number of hydrogen-bond donors (Lipinski definition) is 2. The number of methoxy groups -OCH3 is 1. The van der Waals surface area contributed by atoms with Crippen molar-refractivity contribution in [2.75, 3.05) is 17.7 Å². The van der Waals surface area contributed by atoms with Gasteiger partial charge in [0.25, 0.3) is 5.91 Å². The van der Waals surface area contributed by atoms with Gasteiger partial charge in [0, 0.05) is 16.9 Å². The Morgan fingerprint density at radius 2 is 1.26 bits per heavy atom. The number of hydrogen-bond acceptors (Lipinski definition) is 5. The molecule has 2 amide bonds. The third-order valence-electron chi connectivity index (χ3n) is 3.36. The Kier molecular flexibility index (Phi) is 6.18. The van der Waals surface area contributed by atoms with E-state index in [0.29, 0.717) is 22.5 Å². The second-order valence-electron chi connectivity index (χ2n) is 6.73. The maximum absolute atomic E-state index is 12.3. The largest absolute Gasteiger partial charge is 0.465 e. The molecule has 0 heterocycles. The fourth-order valence-corrected chi connectivity index (χ4v) is 2.14. The standard InChI is InChI=1S/C20H22N2O5/c1-20(2,3)27-19(25)22-16-9-5-13(6-10-16)17(23)21-15-11-7-14(8-12-15)18(24)26-4/h5-12H,1-4H3,(H,21,23)(H,22,25). The smallest absolute Gasteiger partial charge is 0.412 e. The summed E-state index contributed by atoms with van der Waals surface area (Å²) in [5.74, 6) is -0.759. The van der Waals surface area contributed by atoms with Crippen molar-refractivity contribution < 1.29 is 23.9 Å². The van der Waals surface area contributed by atoms with Crippen molar-refractivity contribution in [2.45, 2.75) is 26.4 Å². The first-order chi connectivity index (χ1) is 12.7. The van der Waals surface area contributed by atoms with E-state index >= 15 is 0 Å². The maximum atomic E-state index is 12.3. The van der Waals surface area contributed by atoms with Gasteiger partial charge in [-0.15, -0.1) is 0 Å². The molecule has 0 saturated carbocycles. The van der Waals surface area contributed by atoms with Gasteiger partial charge in [-0.3, -0.25) is 10.1 Å². The molecule has 142 valence electrons. The monoisotopic (exact) mass is 370 g/mol. The summed E-state index contributed by atoms with van der Waals surface area (Å²) in [6, 6.07) is 12.8. The summed E-state index contributed by atoms with van der Waals surface area (Å²) in [7, 11) is 1.30. The van der Waals surface area contributed by atoms with Gasteiger partial charge in [0.2, 0.25) is 0 Å². The topological polar surface area (TPSA) is 93.7 Å². The number of nitrogens with one attached hydrogen (secondary N) is 2. The predicted molar refractivity (Wildman–Crippen MR) is 102 cm³/mol. The lowest BCUT2D eigenvalue weighted by molar-refractivity contribution is 0.0598. The minimum absolute atomic E-state index is 0.315. The zero-order chi connectivity index (χ0) is 20.0. The zero-order valence-corrected chi connectivity index (χ0v) is 15.7. The number of amides is 2. The third kappa shape index (κ3) is 6.14. The Morgan fingerprint density at radius 3 is 1.74 bits per heavy atom. The van der Waals surface area contributed by atoms with Crippen LogP contribution in [0.15, 0.2) is 48.5 Å². The number of carbonyl (C=O) groups excluding carboxylic acids is 3. The van der Waals surface area contributed by atoms with Crippen molar-refractivity contribution in [1.29, 1.82) is 0 Å². The Morgan fingerprint density at radius 1 is 0.778 bits per heavy atom. The van der Waals surface area contributed by atoms with Gasteiger partial charge in [0.1, 0.15) is 5.60 Å². The van der Waals surface area contributed by atoms with Crippen LogP contribution >= 0.6 is 0 Å². The van der Waals surface area contributed by atoms with Crippen LogP contribution in [0.3, 0.4) is 0 Å². The summed E-state index contributed by atoms with van der Waals surface area (Å²) < 4.78 is 9.80. The summed E-state index contributed by atoms with van der Waals surface area (Å²) in [6.45, 7) is 5.33. The van der Waals surface area contributed by atoms with Crippen molar-refractivity contribution in [1.82, 2.24) is 0 Å². The van der Waals surface area contributed by atoms with E-state index in [1.54, 1.807) is 69.3 Å². The fourth-order valence-electron chi connectivity index (χ4n) is 2.14. The van der Waals surface area contributed by atoms with Crippen LogP contribution < -0.4 is 10.6 Å². The molecular weight excluding hydrogens is 348 g/mol. The van der Waals surface area contributed by atoms with Gasteiger partial charge in [-0.25, -0.2) is 9.59 Å². The molecular formula is C20H22N2O5. The average Bonchev–Trinajstić information content (AvgIpc) is 2.60. The number of benzene rings is 2. The molecule has 27 heavy (non-hydrogen) atoms. The highest BCUT2D eigenvalue weighted by atomic mass is 16.6. The normalized spacial score (nSPS) is 10.7. The van der Waals surface area contributed by atoms with Crippen LogP contribution in [0.1, 0.15) is 41.5 Å². The minimum atomic E-state index is -0.590. The molecule has 7 nitrogen and oxygen atoms in total. The lowest BCUT2D eigenvalue weighted by atomic mass is 10.1. The molecule has 7 heteroatoms. The van der Waals surface area contributed by atoms with E-state index in [1.807, 2.05) is 0 Å². The molecule has 2 rings (SSSR count). The zero-order valence-electron chi connectivity index (χ0n) is 15.7. The predicted octanol–water partition coefficient (Wildman–Crippen LogP) is 4.07. The number of rotatable bonds is 4. The number of anilines is 2. The van der Waals surface area contributed by atoms with Gasteiger partial charge in [-0.05, 0) is 69.3 Å². The average molecular weight is 370 g/mol. The summed E-state index contributed by atoms with van der Waals surface area (Å²) in [5, 5.41) is 5.33. The highest BCUT2D eigenvalue weighted by molar-refractivity contribution is 6.04.